The van der Waals surface area contributed by atoms with Crippen molar-refractivity contribution in [2.24, 2.45) is 12.0 Å². The predicted molar refractivity (Wildman–Crippen MR) is 126 cm³/mol. The van der Waals surface area contributed by atoms with Crippen molar-refractivity contribution < 1.29 is 0 Å². The highest BCUT2D eigenvalue weighted by Crippen LogP contribution is 2.20. The van der Waals surface area contributed by atoms with E-state index >= 15 is 0 Å². The number of aryl methyl sites for hydroxylation is 1. The van der Waals surface area contributed by atoms with Gasteiger partial charge in [-0.3, -0.25) is 0 Å². The minimum absolute atomic E-state index is 0. The molecule has 152 valence electrons. The van der Waals surface area contributed by atoms with E-state index in [1.807, 2.05) is 42.8 Å². The number of nitrogens with one attached hydrogen (secondary N) is 1. The molecular formula is C19H27ClIN7. The number of guanidine groups is 1. The summed E-state index contributed by atoms with van der Waals surface area (Å²) >= 11 is 6.13. The third kappa shape index (κ3) is 5.60. The Bertz CT molecular complexity index is 812. The van der Waals surface area contributed by atoms with Gasteiger partial charge in [-0.05, 0) is 25.1 Å². The van der Waals surface area contributed by atoms with Crippen molar-refractivity contribution >= 4 is 47.2 Å². The highest BCUT2D eigenvalue weighted by molar-refractivity contribution is 14.0. The van der Waals surface area contributed by atoms with E-state index in [9.17, 15) is 0 Å². The van der Waals surface area contributed by atoms with Crippen molar-refractivity contribution in [2.45, 2.75) is 13.5 Å². The summed E-state index contributed by atoms with van der Waals surface area (Å²) in [5.74, 6) is 2.61. The minimum Gasteiger partial charge on any atom is -0.368 e. The van der Waals surface area contributed by atoms with Gasteiger partial charge in [-0.15, -0.1) is 40.8 Å². The predicted octanol–water partition coefficient (Wildman–Crippen LogP) is 2.85. The molecule has 3 rings (SSSR count). The summed E-state index contributed by atoms with van der Waals surface area (Å²) in [5.41, 5.74) is 1.16. The molecule has 0 saturated carbocycles. The molecule has 0 aliphatic carbocycles. The standard InChI is InChI=1S/C19H26ClN7.HI/c1-4-8-21-19(22-14-18-24-23-15(2)25(18)3)27-11-9-26(10-12-27)17-7-5-6-16(20)13-17;/h4-7,13H,1,8-12,14H2,2-3H3,(H,21,22);1H. The van der Waals surface area contributed by atoms with Crippen LogP contribution in [0.3, 0.4) is 0 Å². The average Bonchev–Trinajstić information content (AvgIpc) is 3.00. The molecule has 1 N–H and O–H groups in total. The van der Waals surface area contributed by atoms with Crippen molar-refractivity contribution in [3.05, 3.63) is 53.6 Å². The number of halogens is 2. The molecule has 1 aromatic heterocycles. The van der Waals surface area contributed by atoms with Gasteiger partial charge in [-0.2, -0.15) is 0 Å². The molecule has 1 aliphatic rings. The van der Waals surface area contributed by atoms with Crippen LogP contribution in [-0.4, -0.2) is 58.3 Å². The number of nitrogens with zero attached hydrogens (tertiary/aromatic N) is 6. The van der Waals surface area contributed by atoms with Crippen molar-refractivity contribution in [1.29, 1.82) is 0 Å². The number of hydrogen-bond acceptors (Lipinski definition) is 4. The normalized spacial score (nSPS) is 14.6. The molecule has 2 aromatic rings. The summed E-state index contributed by atoms with van der Waals surface area (Å²) in [7, 11) is 1.96. The zero-order chi connectivity index (χ0) is 19.2. The maximum Gasteiger partial charge on any atom is 0.194 e. The van der Waals surface area contributed by atoms with Crippen LogP contribution in [0.25, 0.3) is 0 Å². The minimum atomic E-state index is 0. The van der Waals surface area contributed by atoms with E-state index in [-0.39, 0.29) is 24.0 Å². The molecule has 1 aliphatic heterocycles. The average molecular weight is 516 g/mol. The van der Waals surface area contributed by atoms with E-state index in [1.54, 1.807) is 0 Å². The summed E-state index contributed by atoms with van der Waals surface area (Å²) in [6.45, 7) is 10.5. The molecular weight excluding hydrogens is 489 g/mol. The SMILES string of the molecule is C=CCNC(=NCc1nnc(C)n1C)N1CCN(c2cccc(Cl)c2)CC1.I. The van der Waals surface area contributed by atoms with Gasteiger partial charge in [0.05, 0.1) is 0 Å². The Morgan fingerprint density at radius 1 is 1.29 bits per heavy atom. The quantitative estimate of drug-likeness (QED) is 0.287. The van der Waals surface area contributed by atoms with E-state index in [1.165, 1.54) is 0 Å². The lowest BCUT2D eigenvalue weighted by Crippen LogP contribution is -2.52. The smallest absolute Gasteiger partial charge is 0.194 e. The number of rotatable bonds is 5. The van der Waals surface area contributed by atoms with Crippen molar-refractivity contribution in [2.75, 3.05) is 37.6 Å². The summed E-state index contributed by atoms with van der Waals surface area (Å²) in [6.07, 6.45) is 1.84. The van der Waals surface area contributed by atoms with E-state index in [0.717, 1.165) is 54.5 Å². The maximum absolute atomic E-state index is 6.13. The Morgan fingerprint density at radius 3 is 2.64 bits per heavy atom. The van der Waals surface area contributed by atoms with Crippen LogP contribution in [0.1, 0.15) is 11.6 Å². The summed E-state index contributed by atoms with van der Waals surface area (Å²) in [4.78, 5) is 9.38. The van der Waals surface area contributed by atoms with Crippen LogP contribution in [0.5, 0.6) is 0 Å². The molecule has 1 fully saturated rings. The van der Waals surface area contributed by atoms with Gasteiger partial charge in [0.25, 0.3) is 0 Å². The summed E-state index contributed by atoms with van der Waals surface area (Å²) < 4.78 is 1.96. The molecule has 0 bridgehead atoms. The lowest BCUT2D eigenvalue weighted by atomic mass is 10.2. The number of aliphatic imine (C=N–C) groups is 1. The third-order valence-corrected chi connectivity index (χ3v) is 4.95. The molecule has 1 saturated heterocycles. The van der Waals surface area contributed by atoms with Gasteiger partial charge in [-0.25, -0.2) is 4.99 Å². The molecule has 0 amide bonds. The monoisotopic (exact) mass is 515 g/mol. The number of piperazine rings is 1. The second-order valence-electron chi connectivity index (χ2n) is 6.49. The molecule has 28 heavy (non-hydrogen) atoms. The van der Waals surface area contributed by atoms with Gasteiger partial charge in [0, 0.05) is 50.5 Å². The van der Waals surface area contributed by atoms with Gasteiger partial charge in [0.1, 0.15) is 12.4 Å². The van der Waals surface area contributed by atoms with Crippen LogP contribution in [0.4, 0.5) is 5.69 Å². The molecule has 0 atom stereocenters. The highest BCUT2D eigenvalue weighted by atomic mass is 127. The first kappa shape index (κ1) is 22.5. The Kier molecular flexibility index (Phi) is 8.56. The van der Waals surface area contributed by atoms with E-state index in [0.29, 0.717) is 13.1 Å². The van der Waals surface area contributed by atoms with Gasteiger partial charge in [0.15, 0.2) is 11.8 Å². The second-order valence-corrected chi connectivity index (χ2v) is 6.92. The Balaban J connectivity index is 0.00000280. The van der Waals surface area contributed by atoms with Gasteiger partial charge >= 0.3 is 0 Å². The Hall–Kier alpha value is -1.81. The largest absolute Gasteiger partial charge is 0.368 e. The molecule has 2 heterocycles. The lowest BCUT2D eigenvalue weighted by Gasteiger charge is -2.37. The van der Waals surface area contributed by atoms with Gasteiger partial charge < -0.3 is 19.7 Å². The van der Waals surface area contributed by atoms with E-state index in [4.69, 9.17) is 16.6 Å². The molecule has 9 heteroatoms. The first-order valence-electron chi connectivity index (χ1n) is 9.08. The van der Waals surface area contributed by atoms with Gasteiger partial charge in [-0.1, -0.05) is 23.7 Å². The Morgan fingerprint density at radius 2 is 2.04 bits per heavy atom. The fraction of sp³-hybridized carbons (Fsp3) is 0.421. The second kappa shape index (κ2) is 10.7. The van der Waals surface area contributed by atoms with Crippen LogP contribution in [0, 0.1) is 6.92 Å². The topological polar surface area (TPSA) is 61.6 Å². The van der Waals surface area contributed by atoms with Crippen LogP contribution < -0.4 is 10.2 Å². The fourth-order valence-corrected chi connectivity index (χ4v) is 3.20. The number of benzene rings is 1. The number of anilines is 1. The van der Waals surface area contributed by atoms with Gasteiger partial charge in [0.2, 0.25) is 0 Å². The van der Waals surface area contributed by atoms with Crippen LogP contribution in [0.2, 0.25) is 5.02 Å². The van der Waals surface area contributed by atoms with Crippen LogP contribution in [0.15, 0.2) is 41.9 Å². The highest BCUT2D eigenvalue weighted by Gasteiger charge is 2.20. The first-order chi connectivity index (χ1) is 13.1. The van der Waals surface area contributed by atoms with Crippen LogP contribution >= 0.6 is 35.6 Å². The summed E-state index contributed by atoms with van der Waals surface area (Å²) in [6, 6.07) is 8.01. The lowest BCUT2D eigenvalue weighted by molar-refractivity contribution is 0.373. The Labute approximate surface area is 188 Å². The summed E-state index contributed by atoms with van der Waals surface area (Å²) in [5, 5.41) is 12.4. The van der Waals surface area contributed by atoms with Crippen molar-refractivity contribution in [1.82, 2.24) is 25.0 Å². The fourth-order valence-electron chi connectivity index (χ4n) is 3.01. The van der Waals surface area contributed by atoms with E-state index in [2.05, 4.69) is 38.0 Å². The molecule has 1 aromatic carbocycles. The zero-order valence-electron chi connectivity index (χ0n) is 16.3. The number of hydrogen-bond donors (Lipinski definition) is 1. The van der Waals surface area contributed by atoms with Crippen molar-refractivity contribution in [3.63, 3.8) is 0 Å². The molecule has 0 unspecified atom stereocenters. The third-order valence-electron chi connectivity index (χ3n) is 4.71. The first-order valence-corrected chi connectivity index (χ1v) is 9.46. The van der Waals surface area contributed by atoms with Crippen molar-refractivity contribution in [3.8, 4) is 0 Å². The molecule has 7 nitrogen and oxygen atoms in total. The zero-order valence-corrected chi connectivity index (χ0v) is 19.4. The number of aromatic nitrogens is 3. The molecule has 0 spiro atoms. The van der Waals surface area contributed by atoms with Crippen LogP contribution in [-0.2, 0) is 13.6 Å². The maximum atomic E-state index is 6.13. The van der Waals surface area contributed by atoms with E-state index < -0.39 is 0 Å². The molecule has 0 radical (unpaired) electrons.